The molecule has 6 heteroatoms. The van der Waals surface area contributed by atoms with E-state index in [1.54, 1.807) is 12.1 Å². The smallest absolute Gasteiger partial charge is 0.258 e. The molecule has 110 valence electrons. The Morgan fingerprint density at radius 1 is 1.19 bits per heavy atom. The molecule has 1 aromatic carbocycles. The first-order chi connectivity index (χ1) is 9.85. The third-order valence-electron chi connectivity index (χ3n) is 3.12. The predicted molar refractivity (Wildman–Crippen MR) is 69.0 cm³/mol. The number of rotatable bonds is 2. The van der Waals surface area contributed by atoms with Gasteiger partial charge in [0.1, 0.15) is 5.60 Å². The molecule has 2 aromatic rings. The zero-order chi connectivity index (χ0) is 15.2. The summed E-state index contributed by atoms with van der Waals surface area (Å²) in [5.74, 6) is -3.81. The highest BCUT2D eigenvalue weighted by Crippen LogP contribution is 2.43. The van der Waals surface area contributed by atoms with Crippen LogP contribution in [0.5, 0.6) is 17.4 Å². The van der Waals surface area contributed by atoms with Gasteiger partial charge in [0.25, 0.3) is 11.8 Å². The van der Waals surface area contributed by atoms with E-state index in [-0.39, 0.29) is 5.75 Å². The normalized spacial score (nSPS) is 15.5. The van der Waals surface area contributed by atoms with E-state index >= 15 is 0 Å². The van der Waals surface area contributed by atoms with Crippen molar-refractivity contribution in [2.45, 2.75) is 25.9 Å². The Balaban J connectivity index is 1.98. The summed E-state index contributed by atoms with van der Waals surface area (Å²) < 4.78 is 50.6. The van der Waals surface area contributed by atoms with Crippen molar-refractivity contribution >= 4 is 0 Å². The highest BCUT2D eigenvalue weighted by atomic mass is 19.2. The van der Waals surface area contributed by atoms with Crippen molar-refractivity contribution in [3.63, 3.8) is 0 Å². The van der Waals surface area contributed by atoms with E-state index in [0.29, 0.717) is 18.2 Å². The molecule has 3 rings (SSSR count). The molecule has 0 atom stereocenters. The van der Waals surface area contributed by atoms with Crippen molar-refractivity contribution in [1.29, 1.82) is 0 Å². The van der Waals surface area contributed by atoms with Crippen molar-refractivity contribution in [3.05, 3.63) is 47.4 Å². The van der Waals surface area contributed by atoms with Crippen molar-refractivity contribution in [2.75, 3.05) is 0 Å². The first kappa shape index (κ1) is 13.7. The van der Waals surface area contributed by atoms with E-state index in [1.165, 1.54) is 0 Å². The monoisotopic (exact) mass is 295 g/mol. The lowest BCUT2D eigenvalue weighted by molar-refractivity contribution is 0.134. The Morgan fingerprint density at radius 3 is 2.71 bits per heavy atom. The zero-order valence-corrected chi connectivity index (χ0v) is 11.4. The molecule has 0 bridgehead atoms. The third kappa shape index (κ3) is 2.53. The van der Waals surface area contributed by atoms with Gasteiger partial charge >= 0.3 is 0 Å². The maximum atomic E-state index is 13.6. The number of pyridine rings is 1. The lowest BCUT2D eigenvalue weighted by Crippen LogP contribution is -2.24. The van der Waals surface area contributed by atoms with Crippen LogP contribution in [0.2, 0.25) is 0 Å². The van der Waals surface area contributed by atoms with Crippen LogP contribution in [0.4, 0.5) is 13.2 Å². The van der Waals surface area contributed by atoms with Gasteiger partial charge in [-0.15, -0.1) is 0 Å². The Kier molecular flexibility index (Phi) is 3.04. The Morgan fingerprint density at radius 2 is 1.95 bits per heavy atom. The number of aromatic nitrogens is 1. The summed E-state index contributed by atoms with van der Waals surface area (Å²) in [6, 6.07) is 5.54. The molecule has 0 amide bonds. The summed E-state index contributed by atoms with van der Waals surface area (Å²) >= 11 is 0. The van der Waals surface area contributed by atoms with Crippen LogP contribution >= 0.6 is 0 Å². The molecular weight excluding hydrogens is 283 g/mol. The molecule has 0 N–H and O–H groups in total. The molecule has 3 nitrogen and oxygen atoms in total. The van der Waals surface area contributed by atoms with Gasteiger partial charge in [-0.3, -0.25) is 0 Å². The molecule has 0 saturated heterocycles. The Hall–Kier alpha value is -2.24. The number of benzene rings is 1. The highest BCUT2D eigenvalue weighted by Gasteiger charge is 2.32. The van der Waals surface area contributed by atoms with Crippen LogP contribution < -0.4 is 9.47 Å². The summed E-state index contributed by atoms with van der Waals surface area (Å²) in [6.45, 7) is 3.82. The first-order valence-electron chi connectivity index (χ1n) is 6.36. The number of hydrogen-bond donors (Lipinski definition) is 0. The quantitative estimate of drug-likeness (QED) is 0.785. The van der Waals surface area contributed by atoms with Crippen molar-refractivity contribution in [3.8, 4) is 17.4 Å². The second-order valence-electron chi connectivity index (χ2n) is 5.43. The standard InChI is InChI=1S/C15H12F3NO2/c1-15(2)7-8-4-3-5-11(12(8)21-15)20-14-10(17)6-9(16)13(18)19-14/h3-6H,7H2,1-2H3. The second-order valence-corrected chi connectivity index (χ2v) is 5.43. The minimum Gasteiger partial charge on any atom is -0.483 e. The molecule has 21 heavy (non-hydrogen) atoms. The highest BCUT2D eigenvalue weighted by molar-refractivity contribution is 5.51. The average molecular weight is 295 g/mol. The fourth-order valence-corrected chi connectivity index (χ4v) is 2.27. The van der Waals surface area contributed by atoms with Crippen LogP contribution in [0.25, 0.3) is 0 Å². The van der Waals surface area contributed by atoms with Crippen LogP contribution in [-0.4, -0.2) is 10.6 Å². The molecular formula is C15H12F3NO2. The molecule has 0 unspecified atom stereocenters. The van der Waals surface area contributed by atoms with Gasteiger partial charge in [0.2, 0.25) is 0 Å². The fraction of sp³-hybridized carbons (Fsp3) is 0.267. The summed E-state index contributed by atoms with van der Waals surface area (Å²) in [7, 11) is 0. The molecule has 1 aliphatic heterocycles. The largest absolute Gasteiger partial charge is 0.483 e. The van der Waals surface area contributed by atoms with Gasteiger partial charge in [-0.05, 0) is 19.9 Å². The summed E-state index contributed by atoms with van der Waals surface area (Å²) in [6.07, 6.45) is 0.674. The zero-order valence-electron chi connectivity index (χ0n) is 11.4. The van der Waals surface area contributed by atoms with Crippen molar-refractivity contribution in [2.24, 2.45) is 0 Å². The van der Waals surface area contributed by atoms with E-state index in [1.807, 2.05) is 19.9 Å². The van der Waals surface area contributed by atoms with Crippen LogP contribution in [0.3, 0.4) is 0 Å². The fourth-order valence-electron chi connectivity index (χ4n) is 2.27. The Labute approximate surface area is 119 Å². The number of para-hydroxylation sites is 1. The molecule has 2 heterocycles. The molecule has 0 saturated carbocycles. The maximum absolute atomic E-state index is 13.6. The van der Waals surface area contributed by atoms with Gasteiger partial charge in [-0.25, -0.2) is 8.78 Å². The topological polar surface area (TPSA) is 31.4 Å². The second kappa shape index (κ2) is 4.65. The summed E-state index contributed by atoms with van der Waals surface area (Å²) in [4.78, 5) is 3.13. The minimum absolute atomic E-state index is 0.218. The number of nitrogens with zero attached hydrogens (tertiary/aromatic N) is 1. The lowest BCUT2D eigenvalue weighted by Gasteiger charge is -2.18. The van der Waals surface area contributed by atoms with Gasteiger partial charge < -0.3 is 9.47 Å². The van der Waals surface area contributed by atoms with Gasteiger partial charge in [0.05, 0.1) is 0 Å². The molecule has 0 spiro atoms. The SMILES string of the molecule is CC1(C)Cc2cccc(Oc3nc(F)c(F)cc3F)c2O1. The van der Waals surface area contributed by atoms with Crippen LogP contribution in [0.15, 0.2) is 24.3 Å². The summed E-state index contributed by atoms with van der Waals surface area (Å²) in [5.41, 5.74) is 0.502. The van der Waals surface area contributed by atoms with Gasteiger partial charge in [0, 0.05) is 18.1 Å². The van der Waals surface area contributed by atoms with E-state index in [4.69, 9.17) is 9.47 Å². The van der Waals surface area contributed by atoms with E-state index in [2.05, 4.69) is 4.98 Å². The van der Waals surface area contributed by atoms with Gasteiger partial charge in [-0.1, -0.05) is 12.1 Å². The molecule has 1 aliphatic rings. The lowest BCUT2D eigenvalue weighted by atomic mass is 10.0. The number of hydrogen-bond acceptors (Lipinski definition) is 3. The van der Waals surface area contributed by atoms with Crippen LogP contribution in [0.1, 0.15) is 19.4 Å². The maximum Gasteiger partial charge on any atom is 0.258 e. The minimum atomic E-state index is -1.42. The molecule has 0 radical (unpaired) electrons. The summed E-state index contributed by atoms with van der Waals surface area (Å²) in [5, 5.41) is 0. The Bertz CT molecular complexity index is 716. The van der Waals surface area contributed by atoms with Crippen LogP contribution in [-0.2, 0) is 6.42 Å². The number of fused-ring (bicyclic) bond motifs is 1. The third-order valence-corrected chi connectivity index (χ3v) is 3.12. The number of halogens is 3. The molecule has 0 aliphatic carbocycles. The van der Waals surface area contributed by atoms with E-state index in [0.717, 1.165) is 5.56 Å². The molecule has 1 aromatic heterocycles. The van der Waals surface area contributed by atoms with Crippen molar-refractivity contribution in [1.82, 2.24) is 4.98 Å². The van der Waals surface area contributed by atoms with Gasteiger partial charge in [-0.2, -0.15) is 9.37 Å². The molecule has 0 fully saturated rings. The van der Waals surface area contributed by atoms with Crippen LogP contribution in [0, 0.1) is 17.6 Å². The van der Waals surface area contributed by atoms with Gasteiger partial charge in [0.15, 0.2) is 23.1 Å². The van der Waals surface area contributed by atoms with E-state index < -0.39 is 29.1 Å². The predicted octanol–water partition coefficient (Wildman–Crippen LogP) is 4.00. The van der Waals surface area contributed by atoms with Crippen molar-refractivity contribution < 1.29 is 22.6 Å². The average Bonchev–Trinajstić information content (AvgIpc) is 2.71. The van der Waals surface area contributed by atoms with E-state index in [9.17, 15) is 13.2 Å². The first-order valence-corrected chi connectivity index (χ1v) is 6.36. The number of ether oxygens (including phenoxy) is 2.